The second-order valence-corrected chi connectivity index (χ2v) is 7.71. The molecule has 2 nitrogen and oxygen atoms in total. The van der Waals surface area contributed by atoms with Crippen molar-refractivity contribution in [2.45, 2.75) is 59.3 Å². The van der Waals surface area contributed by atoms with E-state index in [0.717, 1.165) is 40.6 Å². The molecule has 27 heavy (non-hydrogen) atoms. The molecule has 0 amide bonds. The molecule has 1 aromatic heterocycles. The molecule has 0 radical (unpaired) electrons. The van der Waals surface area contributed by atoms with Gasteiger partial charge in [0.2, 0.25) is 0 Å². The monoisotopic (exact) mass is 361 g/mol. The molecule has 0 aliphatic heterocycles. The van der Waals surface area contributed by atoms with Crippen LogP contribution in [0, 0.1) is 6.92 Å². The summed E-state index contributed by atoms with van der Waals surface area (Å²) in [7, 11) is 0. The third-order valence-corrected chi connectivity index (χ3v) is 5.05. The van der Waals surface area contributed by atoms with E-state index in [0.29, 0.717) is 5.92 Å². The molecule has 0 aliphatic rings. The summed E-state index contributed by atoms with van der Waals surface area (Å²) in [6, 6.07) is 17.1. The van der Waals surface area contributed by atoms with Crippen LogP contribution in [0.5, 0.6) is 0 Å². The second-order valence-electron chi connectivity index (χ2n) is 7.71. The first-order valence-electron chi connectivity index (χ1n) is 10.2. The van der Waals surface area contributed by atoms with Gasteiger partial charge >= 0.3 is 0 Å². The summed E-state index contributed by atoms with van der Waals surface area (Å²) in [5.74, 6) is 1.42. The third kappa shape index (κ3) is 4.88. The predicted molar refractivity (Wildman–Crippen MR) is 115 cm³/mol. The zero-order chi connectivity index (χ0) is 19.2. The van der Waals surface area contributed by atoms with Crippen molar-refractivity contribution in [2.75, 3.05) is 6.54 Å². The quantitative estimate of drug-likeness (QED) is 0.415. The average Bonchev–Trinajstić information content (AvgIpc) is 2.68. The molecule has 1 heterocycles. The Bertz CT molecular complexity index is 948. The molecule has 142 valence electrons. The lowest BCUT2D eigenvalue weighted by atomic mass is 10.0. The molecule has 0 bridgehead atoms. The van der Waals surface area contributed by atoms with Gasteiger partial charge in [0.1, 0.15) is 11.3 Å². The molecule has 0 fully saturated rings. The summed E-state index contributed by atoms with van der Waals surface area (Å²) in [6.45, 7) is 9.66. The van der Waals surface area contributed by atoms with E-state index in [2.05, 4.69) is 76.2 Å². The number of unbranched alkanes of at least 4 members (excludes halogenated alkanes) is 3. The number of rotatable bonds is 7. The maximum Gasteiger partial charge on any atom is 0.136 e. The Morgan fingerprint density at radius 3 is 2.41 bits per heavy atom. The average molecular weight is 362 g/mol. The smallest absolute Gasteiger partial charge is 0.136 e. The molecule has 2 aromatic carbocycles. The highest BCUT2D eigenvalue weighted by Crippen LogP contribution is 2.25. The fourth-order valence-electron chi connectivity index (χ4n) is 3.33. The molecule has 0 unspecified atom stereocenters. The number of hydrogen-bond donors (Lipinski definition) is 0. The molecule has 2 heteroatoms. The van der Waals surface area contributed by atoms with E-state index in [4.69, 9.17) is 9.41 Å². The van der Waals surface area contributed by atoms with Gasteiger partial charge < -0.3 is 4.42 Å². The van der Waals surface area contributed by atoms with E-state index < -0.39 is 0 Å². The van der Waals surface area contributed by atoms with Crippen LogP contribution in [-0.4, -0.2) is 6.54 Å². The van der Waals surface area contributed by atoms with Gasteiger partial charge in [-0.15, -0.1) is 0 Å². The number of nitrogens with zero attached hydrogens (tertiary/aromatic N) is 1. The molecule has 0 saturated heterocycles. The fraction of sp³-hybridized carbons (Fsp3) is 0.400. The molecule has 0 spiro atoms. The first-order valence-corrected chi connectivity index (χ1v) is 10.2. The van der Waals surface area contributed by atoms with Crippen LogP contribution in [0.15, 0.2) is 57.9 Å². The topological polar surface area (TPSA) is 25.5 Å². The van der Waals surface area contributed by atoms with Gasteiger partial charge in [-0.25, -0.2) is 0 Å². The van der Waals surface area contributed by atoms with Gasteiger partial charge in [-0.3, -0.25) is 4.99 Å². The van der Waals surface area contributed by atoms with Gasteiger partial charge in [-0.05, 0) is 37.0 Å². The van der Waals surface area contributed by atoms with Crippen molar-refractivity contribution in [2.24, 2.45) is 4.99 Å². The van der Waals surface area contributed by atoms with Crippen LogP contribution >= 0.6 is 0 Å². The largest absolute Gasteiger partial charge is 0.456 e. The lowest BCUT2D eigenvalue weighted by molar-refractivity contribution is 0.617. The summed E-state index contributed by atoms with van der Waals surface area (Å²) in [5, 5.41) is 2.15. The van der Waals surface area contributed by atoms with Gasteiger partial charge in [0.15, 0.2) is 0 Å². The highest BCUT2D eigenvalue weighted by Gasteiger charge is 2.07. The summed E-state index contributed by atoms with van der Waals surface area (Å²) < 4.78 is 6.23. The van der Waals surface area contributed by atoms with Crippen molar-refractivity contribution in [1.29, 1.82) is 0 Å². The summed E-state index contributed by atoms with van der Waals surface area (Å²) in [4.78, 5) is 4.92. The Kier molecular flexibility index (Phi) is 6.49. The van der Waals surface area contributed by atoms with Crippen LogP contribution in [0.4, 0.5) is 0 Å². The van der Waals surface area contributed by atoms with Gasteiger partial charge in [0.25, 0.3) is 0 Å². The van der Waals surface area contributed by atoms with E-state index in [-0.39, 0.29) is 0 Å². The van der Waals surface area contributed by atoms with Crippen LogP contribution in [0.2, 0.25) is 0 Å². The first-order chi connectivity index (χ1) is 13.1. The molecule has 0 saturated carbocycles. The lowest BCUT2D eigenvalue weighted by Crippen LogP contribution is -2.05. The van der Waals surface area contributed by atoms with Gasteiger partial charge in [-0.1, -0.05) is 75.9 Å². The summed E-state index contributed by atoms with van der Waals surface area (Å²) in [6.07, 6.45) is 4.93. The Morgan fingerprint density at radius 2 is 1.70 bits per heavy atom. The molecule has 3 rings (SSSR count). The zero-order valence-corrected chi connectivity index (χ0v) is 17.1. The van der Waals surface area contributed by atoms with Crippen molar-refractivity contribution in [1.82, 2.24) is 0 Å². The van der Waals surface area contributed by atoms with Gasteiger partial charge in [0, 0.05) is 23.6 Å². The van der Waals surface area contributed by atoms with Crippen molar-refractivity contribution in [3.8, 4) is 11.3 Å². The Morgan fingerprint density at radius 1 is 0.926 bits per heavy atom. The van der Waals surface area contributed by atoms with Crippen LogP contribution < -0.4 is 5.36 Å². The minimum atomic E-state index is 0.532. The molecular weight excluding hydrogens is 330 g/mol. The minimum Gasteiger partial charge on any atom is -0.456 e. The van der Waals surface area contributed by atoms with E-state index in [1.807, 2.05) is 0 Å². The van der Waals surface area contributed by atoms with Gasteiger partial charge in [0.05, 0.1) is 5.36 Å². The zero-order valence-electron chi connectivity index (χ0n) is 17.1. The predicted octanol–water partition coefficient (Wildman–Crippen LogP) is 7.01. The standard InChI is InChI=1S/C25H31NO/c1-5-6-7-8-15-26-23-17-25(21-12-10-20(11-13-21)18(2)3)27-24-14-9-19(4)16-22(23)24/h9-14,16-18H,5-8,15H2,1-4H3. The third-order valence-electron chi connectivity index (χ3n) is 5.05. The normalized spacial score (nSPS) is 12.3. The van der Waals surface area contributed by atoms with E-state index in [1.54, 1.807) is 0 Å². The minimum absolute atomic E-state index is 0.532. The number of benzene rings is 2. The summed E-state index contributed by atoms with van der Waals surface area (Å²) in [5.41, 5.74) is 4.58. The number of aryl methyl sites for hydroxylation is 1. The Hall–Kier alpha value is -2.35. The Balaban J connectivity index is 2.01. The van der Waals surface area contributed by atoms with E-state index in [9.17, 15) is 0 Å². The van der Waals surface area contributed by atoms with Crippen LogP contribution in [-0.2, 0) is 0 Å². The van der Waals surface area contributed by atoms with E-state index in [1.165, 1.54) is 30.4 Å². The van der Waals surface area contributed by atoms with Gasteiger partial charge in [-0.2, -0.15) is 0 Å². The highest BCUT2D eigenvalue weighted by atomic mass is 16.3. The van der Waals surface area contributed by atoms with Crippen LogP contribution in [0.3, 0.4) is 0 Å². The number of hydrogen-bond acceptors (Lipinski definition) is 2. The molecular formula is C25H31NO. The number of fused-ring (bicyclic) bond motifs is 1. The first kappa shape index (κ1) is 19.4. The molecule has 3 aromatic rings. The molecule has 0 atom stereocenters. The summed E-state index contributed by atoms with van der Waals surface area (Å²) >= 11 is 0. The highest BCUT2D eigenvalue weighted by molar-refractivity contribution is 5.79. The van der Waals surface area contributed by atoms with Crippen LogP contribution in [0.1, 0.15) is 63.5 Å². The molecule has 0 aliphatic carbocycles. The Labute approximate surface area is 163 Å². The maximum atomic E-state index is 6.23. The SMILES string of the molecule is CCCCCCN=c1cc(-c2ccc(C(C)C)cc2)oc2ccc(C)cc12. The van der Waals surface area contributed by atoms with Crippen molar-refractivity contribution >= 4 is 11.0 Å². The maximum absolute atomic E-state index is 6.23. The van der Waals surface area contributed by atoms with E-state index >= 15 is 0 Å². The molecule has 0 N–H and O–H groups in total. The lowest BCUT2D eigenvalue weighted by Gasteiger charge is -2.08. The van der Waals surface area contributed by atoms with Crippen molar-refractivity contribution in [3.05, 3.63) is 65.0 Å². The van der Waals surface area contributed by atoms with Crippen molar-refractivity contribution < 1.29 is 4.42 Å². The fourth-order valence-corrected chi connectivity index (χ4v) is 3.33. The van der Waals surface area contributed by atoms with Crippen LogP contribution in [0.25, 0.3) is 22.3 Å². The van der Waals surface area contributed by atoms with Crippen molar-refractivity contribution in [3.63, 3.8) is 0 Å². The second kappa shape index (κ2) is 9.03.